The average Bonchev–Trinajstić information content (AvgIpc) is 0.787. The monoisotopic (exact) mass is 1340 g/mol. The van der Waals surface area contributed by atoms with Crippen LogP contribution in [0.15, 0.2) is 36.5 Å². The van der Waals surface area contributed by atoms with E-state index in [1.807, 2.05) is 6.08 Å². The van der Waals surface area contributed by atoms with E-state index < -0.39 is 124 Å². The molecule has 3 fully saturated rings. The Morgan fingerprint density at radius 2 is 0.702 bits per heavy atom. The number of unbranched alkanes of at least 4 members (excludes halogenated alkanes) is 40. The number of carbonyl (C=O) groups is 1. The summed E-state index contributed by atoms with van der Waals surface area (Å²) in [6.07, 6.45) is 41.2. The maximum Gasteiger partial charge on any atom is 0.220 e. The fraction of sp³-hybridized carbons (Fsp3) is 0.907. The van der Waals surface area contributed by atoms with Gasteiger partial charge < -0.3 is 89.9 Å². The summed E-state index contributed by atoms with van der Waals surface area (Å²) < 4.78 is 34.4. The van der Waals surface area contributed by atoms with E-state index in [1.54, 1.807) is 6.08 Å². The molecule has 0 aromatic heterocycles. The van der Waals surface area contributed by atoms with Gasteiger partial charge in [-0.25, -0.2) is 0 Å². The molecule has 0 spiro atoms. The van der Waals surface area contributed by atoms with Crippen LogP contribution in [0.1, 0.15) is 303 Å². The minimum atomic E-state index is -1.98. The Kier molecular flexibility index (Phi) is 52.0. The van der Waals surface area contributed by atoms with Crippen molar-refractivity contribution < 1.29 is 89.4 Å². The van der Waals surface area contributed by atoms with E-state index in [2.05, 4.69) is 43.5 Å². The predicted molar refractivity (Wildman–Crippen MR) is 369 cm³/mol. The molecule has 0 aliphatic carbocycles. The highest BCUT2D eigenvalue weighted by Crippen LogP contribution is 2.33. The number of carbonyl (C=O) groups excluding carboxylic acids is 1. The van der Waals surface area contributed by atoms with Gasteiger partial charge in [-0.2, -0.15) is 0 Å². The zero-order chi connectivity index (χ0) is 68.2. The lowest BCUT2D eigenvalue weighted by atomic mass is 9.96. The summed E-state index contributed by atoms with van der Waals surface area (Å²) in [5.74, 6) is -0.274. The van der Waals surface area contributed by atoms with Gasteiger partial charge in [-0.05, 0) is 51.4 Å². The van der Waals surface area contributed by atoms with E-state index in [-0.39, 0.29) is 18.9 Å². The van der Waals surface area contributed by atoms with Crippen LogP contribution in [0.25, 0.3) is 0 Å². The van der Waals surface area contributed by atoms with Gasteiger partial charge in [0.25, 0.3) is 0 Å². The molecule has 19 heteroatoms. The zero-order valence-corrected chi connectivity index (χ0v) is 58.7. The molecule has 3 saturated heterocycles. The van der Waals surface area contributed by atoms with Crippen molar-refractivity contribution in [3.63, 3.8) is 0 Å². The second-order valence-corrected chi connectivity index (χ2v) is 27.5. The van der Waals surface area contributed by atoms with Crippen LogP contribution in [-0.2, 0) is 33.2 Å². The Balaban J connectivity index is 1.41. The normalized spacial score (nSPS) is 27.5. The number of rotatable bonds is 60. The number of ether oxygens (including phenoxy) is 6. The highest BCUT2D eigenvalue weighted by atomic mass is 16.8. The Morgan fingerprint density at radius 1 is 0.383 bits per heavy atom. The zero-order valence-electron chi connectivity index (χ0n) is 58.7. The second kappa shape index (κ2) is 56.7. The summed E-state index contributed by atoms with van der Waals surface area (Å²) in [5, 5.41) is 121. The summed E-state index contributed by atoms with van der Waals surface area (Å²) in [4.78, 5) is 13.4. The molecule has 0 saturated carbocycles. The average molecular weight is 1340 g/mol. The van der Waals surface area contributed by atoms with E-state index in [0.29, 0.717) is 6.42 Å². The molecule has 12 N–H and O–H groups in total. The van der Waals surface area contributed by atoms with Crippen LogP contribution >= 0.6 is 0 Å². The van der Waals surface area contributed by atoms with Crippen molar-refractivity contribution in [2.24, 2.45) is 0 Å². The van der Waals surface area contributed by atoms with Crippen molar-refractivity contribution in [1.29, 1.82) is 0 Å². The number of amides is 1. The third-order valence-electron chi connectivity index (χ3n) is 19.2. The largest absolute Gasteiger partial charge is 0.394 e. The van der Waals surface area contributed by atoms with Gasteiger partial charge in [0.05, 0.1) is 38.6 Å². The van der Waals surface area contributed by atoms with Crippen LogP contribution in [-0.4, -0.2) is 193 Å². The molecule has 3 aliphatic rings. The predicted octanol–water partition coefficient (Wildman–Crippen LogP) is 11.6. The molecule has 19 nitrogen and oxygen atoms in total. The number of nitrogens with one attached hydrogen (secondary N) is 1. The standard InChI is InChI=1S/C75H139NO18/c1-3-5-7-9-11-13-15-17-19-21-23-25-27-28-29-31-32-34-36-38-40-42-44-46-48-50-52-59(80)58(76-63(81)53-51-49-47-45-43-41-39-37-35-33-30-26-24-22-20-18-16-14-12-10-8-6-4-2)57-89-73-69(87)66(84)71(61(55-78)91-73)94-75-70(88)67(85)72(62(56-79)92-75)93-74-68(86)65(83)64(82)60(54-77)90-74/h16,18,22,24,50,52,58-62,64-75,77-80,82-88H,3-15,17,19-21,23,25-49,51,53-57H2,1-2H3,(H,76,81)/b18-16-,24-22-,52-50+. The van der Waals surface area contributed by atoms with Crippen molar-refractivity contribution in [1.82, 2.24) is 5.32 Å². The Labute approximate surface area is 568 Å². The van der Waals surface area contributed by atoms with Gasteiger partial charge in [0.1, 0.15) is 73.2 Å². The van der Waals surface area contributed by atoms with Crippen molar-refractivity contribution in [3.8, 4) is 0 Å². The van der Waals surface area contributed by atoms with Crippen molar-refractivity contribution in [2.45, 2.75) is 407 Å². The van der Waals surface area contributed by atoms with Gasteiger partial charge in [-0.3, -0.25) is 4.79 Å². The quantitative estimate of drug-likeness (QED) is 0.0199. The highest BCUT2D eigenvalue weighted by molar-refractivity contribution is 5.76. The number of hydrogen-bond acceptors (Lipinski definition) is 18. The van der Waals surface area contributed by atoms with Gasteiger partial charge in [-0.1, -0.05) is 281 Å². The van der Waals surface area contributed by atoms with Crippen LogP contribution < -0.4 is 5.32 Å². The Bertz CT molecular complexity index is 1840. The molecule has 3 heterocycles. The molecule has 1 amide bonds. The molecule has 0 aromatic rings. The molecular formula is C75H139NO18. The van der Waals surface area contributed by atoms with Crippen molar-refractivity contribution >= 4 is 5.91 Å². The lowest BCUT2D eigenvalue weighted by Crippen LogP contribution is -2.66. The molecule has 3 rings (SSSR count). The topological polar surface area (TPSA) is 307 Å². The Hall–Kier alpha value is -1.99. The number of aliphatic hydroxyl groups is 11. The minimum absolute atomic E-state index is 0.242. The smallest absolute Gasteiger partial charge is 0.220 e. The lowest BCUT2D eigenvalue weighted by Gasteiger charge is -2.48. The summed E-state index contributed by atoms with van der Waals surface area (Å²) >= 11 is 0. The molecule has 94 heavy (non-hydrogen) atoms. The molecule has 17 atom stereocenters. The maximum atomic E-state index is 13.4. The third kappa shape index (κ3) is 37.4. The molecule has 17 unspecified atom stereocenters. The van der Waals surface area contributed by atoms with Gasteiger partial charge in [-0.15, -0.1) is 0 Å². The van der Waals surface area contributed by atoms with E-state index in [0.717, 1.165) is 57.8 Å². The van der Waals surface area contributed by atoms with E-state index in [1.165, 1.54) is 218 Å². The van der Waals surface area contributed by atoms with E-state index >= 15 is 0 Å². The van der Waals surface area contributed by atoms with Crippen molar-refractivity contribution in [2.75, 3.05) is 26.4 Å². The fourth-order valence-corrected chi connectivity index (χ4v) is 13.0. The molecular weight excluding hydrogens is 1200 g/mol. The molecule has 552 valence electrons. The van der Waals surface area contributed by atoms with Crippen LogP contribution in [0.4, 0.5) is 0 Å². The highest BCUT2D eigenvalue weighted by Gasteiger charge is 2.53. The summed E-state index contributed by atoms with van der Waals surface area (Å²) in [5.41, 5.74) is 0. The van der Waals surface area contributed by atoms with Crippen LogP contribution in [0.3, 0.4) is 0 Å². The number of allylic oxidation sites excluding steroid dienone is 5. The van der Waals surface area contributed by atoms with Gasteiger partial charge in [0, 0.05) is 6.42 Å². The lowest BCUT2D eigenvalue weighted by molar-refractivity contribution is -0.379. The van der Waals surface area contributed by atoms with E-state index in [4.69, 9.17) is 28.4 Å². The molecule has 0 bridgehead atoms. The summed E-state index contributed by atoms with van der Waals surface area (Å²) in [6, 6.07) is -0.975. The van der Waals surface area contributed by atoms with Crippen LogP contribution in [0, 0.1) is 0 Å². The first kappa shape index (κ1) is 86.2. The third-order valence-corrected chi connectivity index (χ3v) is 19.2. The number of hydrogen-bond donors (Lipinski definition) is 12. The van der Waals surface area contributed by atoms with Crippen molar-refractivity contribution in [3.05, 3.63) is 36.5 Å². The second-order valence-electron chi connectivity index (χ2n) is 27.5. The molecule has 0 aromatic carbocycles. The van der Waals surface area contributed by atoms with Crippen LogP contribution in [0.5, 0.6) is 0 Å². The van der Waals surface area contributed by atoms with Gasteiger partial charge >= 0.3 is 0 Å². The first-order chi connectivity index (χ1) is 45.8. The number of aliphatic hydroxyl groups excluding tert-OH is 11. The SMILES string of the molecule is CCCCCCC/C=C\C/C=C\CCCCCCCCCCCCCC(=O)NC(COC1OC(CO)C(OC2OC(CO)C(OC3OC(CO)C(O)C(O)C3O)C(O)C2O)C(O)C1O)C(O)/C=C/CCCCCCCCCCCCCCCCCCCCCCCCCC. The molecule has 3 aliphatic heterocycles. The summed E-state index contributed by atoms with van der Waals surface area (Å²) in [6.45, 7) is 1.76. The van der Waals surface area contributed by atoms with E-state index in [9.17, 15) is 61.0 Å². The fourth-order valence-electron chi connectivity index (χ4n) is 13.0. The van der Waals surface area contributed by atoms with Gasteiger partial charge in [0.15, 0.2) is 18.9 Å². The van der Waals surface area contributed by atoms with Crippen LogP contribution in [0.2, 0.25) is 0 Å². The van der Waals surface area contributed by atoms with Gasteiger partial charge in [0.2, 0.25) is 5.91 Å². The first-order valence-corrected chi connectivity index (χ1v) is 38.2. The Morgan fingerprint density at radius 3 is 1.09 bits per heavy atom. The maximum absolute atomic E-state index is 13.4. The first-order valence-electron chi connectivity index (χ1n) is 38.2. The minimum Gasteiger partial charge on any atom is -0.394 e. The molecule has 0 radical (unpaired) electrons. The summed E-state index contributed by atoms with van der Waals surface area (Å²) in [7, 11) is 0.